The molecule has 2 aliphatic rings. The Morgan fingerprint density at radius 1 is 1.17 bits per heavy atom. The van der Waals surface area contributed by atoms with Gasteiger partial charge in [0.2, 0.25) is 0 Å². The maximum absolute atomic E-state index is 2.50. The van der Waals surface area contributed by atoms with Crippen molar-refractivity contribution in [2.45, 2.75) is 57.9 Å². The van der Waals surface area contributed by atoms with E-state index < -0.39 is 0 Å². The van der Waals surface area contributed by atoms with E-state index in [1.807, 2.05) is 0 Å². The standard InChI is InChI=1S/C17H25N/c1-12-8-14(16(2,3)4)9-13-10-18(5)11-17(6-7-17)15(12)13/h8-9H,6-7,10-11H2,1-5H3. The number of hydrogen-bond acceptors (Lipinski definition) is 1. The summed E-state index contributed by atoms with van der Waals surface area (Å²) in [5.74, 6) is 0. The molecule has 1 spiro atoms. The van der Waals surface area contributed by atoms with Gasteiger partial charge in [0, 0.05) is 18.5 Å². The Morgan fingerprint density at radius 2 is 1.83 bits per heavy atom. The molecule has 0 amide bonds. The van der Waals surface area contributed by atoms with E-state index in [9.17, 15) is 0 Å². The zero-order valence-electron chi connectivity index (χ0n) is 12.4. The lowest BCUT2D eigenvalue weighted by molar-refractivity contribution is 0.270. The van der Waals surface area contributed by atoms with E-state index in [1.165, 1.54) is 30.5 Å². The van der Waals surface area contributed by atoms with E-state index in [4.69, 9.17) is 0 Å². The monoisotopic (exact) mass is 243 g/mol. The summed E-state index contributed by atoms with van der Waals surface area (Å²) in [4.78, 5) is 2.50. The van der Waals surface area contributed by atoms with Crippen molar-refractivity contribution in [2.24, 2.45) is 0 Å². The molecule has 0 bridgehead atoms. The van der Waals surface area contributed by atoms with Crippen LogP contribution in [0.2, 0.25) is 0 Å². The van der Waals surface area contributed by atoms with E-state index in [2.05, 4.69) is 51.8 Å². The molecule has 0 unspecified atom stereocenters. The molecule has 1 aliphatic carbocycles. The van der Waals surface area contributed by atoms with Gasteiger partial charge in [-0.3, -0.25) is 0 Å². The molecular weight excluding hydrogens is 218 g/mol. The maximum atomic E-state index is 2.50. The van der Waals surface area contributed by atoms with Crippen molar-refractivity contribution >= 4 is 0 Å². The zero-order valence-corrected chi connectivity index (χ0v) is 12.4. The zero-order chi connectivity index (χ0) is 13.1. The predicted molar refractivity (Wildman–Crippen MR) is 77.1 cm³/mol. The van der Waals surface area contributed by atoms with E-state index in [-0.39, 0.29) is 5.41 Å². The highest BCUT2D eigenvalue weighted by Gasteiger charge is 2.49. The van der Waals surface area contributed by atoms with Crippen LogP contribution in [0.15, 0.2) is 12.1 Å². The number of rotatable bonds is 0. The molecule has 3 rings (SSSR count). The van der Waals surface area contributed by atoms with Crippen molar-refractivity contribution in [2.75, 3.05) is 13.6 Å². The highest BCUT2D eigenvalue weighted by molar-refractivity contribution is 5.49. The summed E-state index contributed by atoms with van der Waals surface area (Å²) in [6.45, 7) is 11.6. The number of fused-ring (bicyclic) bond motifs is 2. The van der Waals surface area contributed by atoms with Crippen LogP contribution >= 0.6 is 0 Å². The Kier molecular flexibility index (Phi) is 2.45. The van der Waals surface area contributed by atoms with E-state index >= 15 is 0 Å². The van der Waals surface area contributed by atoms with Gasteiger partial charge in [0.1, 0.15) is 0 Å². The number of likely N-dealkylation sites (N-methyl/N-ethyl adjacent to an activating group) is 1. The Labute approximate surface area is 111 Å². The first-order valence-electron chi connectivity index (χ1n) is 7.15. The average Bonchev–Trinajstić information content (AvgIpc) is 2.94. The van der Waals surface area contributed by atoms with E-state index in [0.717, 1.165) is 6.54 Å². The van der Waals surface area contributed by atoms with Crippen molar-refractivity contribution in [3.8, 4) is 0 Å². The van der Waals surface area contributed by atoms with Crippen LogP contribution in [-0.2, 0) is 17.4 Å². The smallest absolute Gasteiger partial charge is 0.0234 e. The number of nitrogens with zero attached hydrogens (tertiary/aromatic N) is 1. The Balaban J connectivity index is 2.15. The Hall–Kier alpha value is -0.820. The molecule has 18 heavy (non-hydrogen) atoms. The van der Waals surface area contributed by atoms with Crippen molar-refractivity contribution in [3.05, 3.63) is 34.4 Å². The summed E-state index contributed by atoms with van der Waals surface area (Å²) >= 11 is 0. The molecule has 1 nitrogen and oxygen atoms in total. The second-order valence-corrected chi connectivity index (χ2v) is 7.53. The fraction of sp³-hybridized carbons (Fsp3) is 0.647. The van der Waals surface area contributed by atoms with Crippen LogP contribution in [0.5, 0.6) is 0 Å². The SMILES string of the molecule is Cc1cc(C(C)(C)C)cc2c1C1(CC1)CN(C)C2. The van der Waals surface area contributed by atoms with Crippen LogP contribution in [0, 0.1) is 6.92 Å². The molecule has 0 aromatic heterocycles. The van der Waals surface area contributed by atoms with E-state index in [0.29, 0.717) is 5.41 Å². The molecular formula is C17H25N. The van der Waals surface area contributed by atoms with Gasteiger partial charge in [0.05, 0.1) is 0 Å². The molecule has 1 aromatic carbocycles. The van der Waals surface area contributed by atoms with Crippen molar-refractivity contribution in [1.82, 2.24) is 4.90 Å². The first-order valence-corrected chi connectivity index (χ1v) is 7.15. The van der Waals surface area contributed by atoms with Crippen molar-refractivity contribution in [1.29, 1.82) is 0 Å². The average molecular weight is 243 g/mol. The fourth-order valence-corrected chi connectivity index (χ4v) is 3.68. The maximum Gasteiger partial charge on any atom is 0.0234 e. The van der Waals surface area contributed by atoms with Gasteiger partial charge in [-0.1, -0.05) is 32.9 Å². The van der Waals surface area contributed by atoms with Gasteiger partial charge >= 0.3 is 0 Å². The number of hydrogen-bond donors (Lipinski definition) is 0. The molecule has 1 aliphatic heterocycles. The lowest BCUT2D eigenvalue weighted by Gasteiger charge is -2.35. The normalized spacial score (nSPS) is 22.1. The molecule has 1 aromatic rings. The minimum Gasteiger partial charge on any atom is -0.301 e. The third-order valence-corrected chi connectivity index (χ3v) is 4.68. The van der Waals surface area contributed by atoms with Gasteiger partial charge in [-0.25, -0.2) is 0 Å². The molecule has 1 fully saturated rings. The van der Waals surface area contributed by atoms with Gasteiger partial charge in [0.15, 0.2) is 0 Å². The van der Waals surface area contributed by atoms with Crippen LogP contribution in [0.1, 0.15) is 55.9 Å². The summed E-state index contributed by atoms with van der Waals surface area (Å²) < 4.78 is 0. The Bertz CT molecular complexity index is 489. The molecule has 0 N–H and O–H groups in total. The highest BCUT2D eigenvalue weighted by Crippen LogP contribution is 2.53. The molecule has 1 saturated carbocycles. The fourth-order valence-electron chi connectivity index (χ4n) is 3.68. The summed E-state index contributed by atoms with van der Waals surface area (Å²) in [5, 5.41) is 0. The van der Waals surface area contributed by atoms with Crippen molar-refractivity contribution < 1.29 is 0 Å². The summed E-state index contributed by atoms with van der Waals surface area (Å²) in [7, 11) is 2.27. The van der Waals surface area contributed by atoms with Gasteiger partial charge in [-0.05, 0) is 54.5 Å². The summed E-state index contributed by atoms with van der Waals surface area (Å²) in [5.41, 5.74) is 7.07. The molecule has 98 valence electrons. The van der Waals surface area contributed by atoms with Crippen LogP contribution < -0.4 is 0 Å². The second-order valence-electron chi connectivity index (χ2n) is 7.53. The van der Waals surface area contributed by atoms with Crippen LogP contribution in [0.4, 0.5) is 0 Å². The summed E-state index contributed by atoms with van der Waals surface area (Å²) in [6.07, 6.45) is 2.78. The lowest BCUT2D eigenvalue weighted by atomic mass is 9.78. The third-order valence-electron chi connectivity index (χ3n) is 4.68. The molecule has 0 radical (unpaired) electrons. The molecule has 1 heterocycles. The third kappa shape index (κ3) is 1.80. The minimum absolute atomic E-state index is 0.256. The molecule has 1 heteroatoms. The Morgan fingerprint density at radius 3 is 2.39 bits per heavy atom. The minimum atomic E-state index is 0.256. The van der Waals surface area contributed by atoms with Gasteiger partial charge < -0.3 is 4.90 Å². The van der Waals surface area contributed by atoms with Gasteiger partial charge in [-0.15, -0.1) is 0 Å². The number of benzene rings is 1. The summed E-state index contributed by atoms with van der Waals surface area (Å²) in [6, 6.07) is 4.91. The predicted octanol–water partition coefficient (Wildman–Crippen LogP) is 3.77. The first-order chi connectivity index (χ1) is 8.32. The van der Waals surface area contributed by atoms with Crippen LogP contribution in [0.25, 0.3) is 0 Å². The second kappa shape index (κ2) is 3.60. The van der Waals surface area contributed by atoms with Crippen molar-refractivity contribution in [3.63, 3.8) is 0 Å². The first kappa shape index (κ1) is 12.2. The van der Waals surface area contributed by atoms with Gasteiger partial charge in [0.25, 0.3) is 0 Å². The van der Waals surface area contributed by atoms with E-state index in [1.54, 1.807) is 11.1 Å². The van der Waals surface area contributed by atoms with Crippen LogP contribution in [0.3, 0.4) is 0 Å². The van der Waals surface area contributed by atoms with Crippen LogP contribution in [-0.4, -0.2) is 18.5 Å². The molecule has 0 saturated heterocycles. The molecule has 0 atom stereocenters. The topological polar surface area (TPSA) is 3.24 Å². The highest BCUT2D eigenvalue weighted by atomic mass is 15.1. The largest absolute Gasteiger partial charge is 0.301 e. The van der Waals surface area contributed by atoms with Gasteiger partial charge in [-0.2, -0.15) is 0 Å². The quantitative estimate of drug-likeness (QED) is 0.670. The lowest BCUT2D eigenvalue weighted by Crippen LogP contribution is -2.36. The number of aryl methyl sites for hydroxylation is 1.